The Labute approximate surface area is 116 Å². The van der Waals surface area contributed by atoms with Gasteiger partial charge >= 0.3 is 0 Å². The van der Waals surface area contributed by atoms with Gasteiger partial charge in [0.1, 0.15) is 0 Å². The number of aryl methyl sites for hydroxylation is 1. The van der Waals surface area contributed by atoms with Crippen LogP contribution in [0.3, 0.4) is 0 Å². The summed E-state index contributed by atoms with van der Waals surface area (Å²) in [7, 11) is 0. The first-order valence-electron chi connectivity index (χ1n) is 6.72. The van der Waals surface area contributed by atoms with Gasteiger partial charge < -0.3 is 10.3 Å². The predicted molar refractivity (Wildman–Crippen MR) is 80.9 cm³/mol. The number of H-pyrrole nitrogens is 1. The van der Waals surface area contributed by atoms with E-state index in [4.69, 9.17) is 0 Å². The van der Waals surface area contributed by atoms with Crippen molar-refractivity contribution in [1.29, 1.82) is 0 Å². The van der Waals surface area contributed by atoms with Crippen molar-refractivity contribution in [2.75, 3.05) is 6.54 Å². The summed E-state index contributed by atoms with van der Waals surface area (Å²) in [5, 5.41) is 5.03. The topological polar surface area (TPSA) is 27.8 Å². The molecule has 0 amide bonds. The van der Waals surface area contributed by atoms with Crippen molar-refractivity contribution < 1.29 is 0 Å². The fourth-order valence-electron chi connectivity index (χ4n) is 3.03. The lowest BCUT2D eigenvalue weighted by molar-refractivity contribution is 0.567. The van der Waals surface area contributed by atoms with Crippen LogP contribution in [0.5, 0.6) is 0 Å². The Bertz CT molecular complexity index is 738. The molecule has 1 atom stereocenters. The number of aromatic nitrogens is 1. The zero-order chi connectivity index (χ0) is 12.8. The minimum atomic E-state index is 0.329. The summed E-state index contributed by atoms with van der Waals surface area (Å²) < 4.78 is 0. The van der Waals surface area contributed by atoms with Crippen molar-refractivity contribution in [3.05, 3.63) is 57.4 Å². The summed E-state index contributed by atoms with van der Waals surface area (Å²) in [6.45, 7) is 3.22. The summed E-state index contributed by atoms with van der Waals surface area (Å²) in [6.07, 6.45) is 1.11. The SMILES string of the molecule is Cc1ccc(C2NCCc3c2[nH]c2ccccc32)s1. The fraction of sp³-hybridized carbons (Fsp3) is 0.250. The Morgan fingerprint density at radius 1 is 1.16 bits per heavy atom. The van der Waals surface area contributed by atoms with E-state index in [0.717, 1.165) is 13.0 Å². The van der Waals surface area contributed by atoms with Crippen LogP contribution in [0.1, 0.15) is 27.1 Å². The van der Waals surface area contributed by atoms with Gasteiger partial charge in [-0.3, -0.25) is 0 Å². The predicted octanol–water partition coefficient (Wildman–Crippen LogP) is 3.77. The molecule has 0 fully saturated rings. The molecule has 0 saturated carbocycles. The van der Waals surface area contributed by atoms with Gasteiger partial charge in [-0.2, -0.15) is 0 Å². The molecule has 0 aliphatic carbocycles. The van der Waals surface area contributed by atoms with Crippen molar-refractivity contribution in [3.63, 3.8) is 0 Å². The molecule has 3 aromatic rings. The second-order valence-corrected chi connectivity index (χ2v) is 6.47. The van der Waals surface area contributed by atoms with Crippen molar-refractivity contribution in [1.82, 2.24) is 10.3 Å². The molecule has 0 spiro atoms. The van der Waals surface area contributed by atoms with Crippen LogP contribution >= 0.6 is 11.3 Å². The molecule has 1 unspecified atom stereocenters. The maximum absolute atomic E-state index is 3.65. The van der Waals surface area contributed by atoms with Gasteiger partial charge in [-0.15, -0.1) is 11.3 Å². The first-order valence-corrected chi connectivity index (χ1v) is 7.54. The van der Waals surface area contributed by atoms with Crippen LogP contribution in [-0.4, -0.2) is 11.5 Å². The third-order valence-electron chi connectivity index (χ3n) is 3.90. The lowest BCUT2D eigenvalue weighted by Crippen LogP contribution is -2.29. The summed E-state index contributed by atoms with van der Waals surface area (Å²) in [6, 6.07) is 13.4. The van der Waals surface area contributed by atoms with E-state index in [1.165, 1.54) is 31.9 Å². The largest absolute Gasteiger partial charge is 0.357 e. The highest BCUT2D eigenvalue weighted by Gasteiger charge is 2.25. The maximum Gasteiger partial charge on any atom is 0.0826 e. The minimum absolute atomic E-state index is 0.329. The average molecular weight is 268 g/mol. The zero-order valence-electron chi connectivity index (χ0n) is 10.9. The van der Waals surface area contributed by atoms with Crippen molar-refractivity contribution in [2.24, 2.45) is 0 Å². The molecule has 3 heterocycles. The van der Waals surface area contributed by atoms with Gasteiger partial charge in [-0.05, 0) is 37.1 Å². The van der Waals surface area contributed by atoms with Crippen LogP contribution in [0.2, 0.25) is 0 Å². The van der Waals surface area contributed by atoms with E-state index in [0.29, 0.717) is 6.04 Å². The Hall–Kier alpha value is -1.58. The third kappa shape index (κ3) is 1.73. The first-order chi connectivity index (χ1) is 9.33. The zero-order valence-corrected chi connectivity index (χ0v) is 11.7. The number of aromatic amines is 1. The Morgan fingerprint density at radius 2 is 2.05 bits per heavy atom. The molecule has 3 heteroatoms. The number of hydrogen-bond donors (Lipinski definition) is 2. The monoisotopic (exact) mass is 268 g/mol. The normalized spacial score (nSPS) is 18.7. The van der Waals surface area contributed by atoms with Crippen LogP contribution < -0.4 is 5.32 Å². The Morgan fingerprint density at radius 3 is 2.89 bits per heavy atom. The van der Waals surface area contributed by atoms with Crippen LogP contribution in [0.4, 0.5) is 0 Å². The number of hydrogen-bond acceptors (Lipinski definition) is 2. The van der Waals surface area contributed by atoms with Crippen LogP contribution in [0.25, 0.3) is 10.9 Å². The molecule has 1 aliphatic rings. The van der Waals surface area contributed by atoms with Gasteiger partial charge in [0.2, 0.25) is 0 Å². The van der Waals surface area contributed by atoms with Gasteiger partial charge in [0.25, 0.3) is 0 Å². The van der Waals surface area contributed by atoms with Crippen LogP contribution in [-0.2, 0) is 6.42 Å². The number of para-hydroxylation sites is 1. The molecular weight excluding hydrogens is 252 g/mol. The smallest absolute Gasteiger partial charge is 0.0826 e. The van der Waals surface area contributed by atoms with E-state index in [2.05, 4.69) is 53.6 Å². The summed E-state index contributed by atoms with van der Waals surface area (Å²) in [4.78, 5) is 6.40. The molecule has 0 saturated heterocycles. The lowest BCUT2D eigenvalue weighted by Gasteiger charge is -2.23. The second-order valence-electron chi connectivity index (χ2n) is 5.15. The maximum atomic E-state index is 3.65. The fourth-order valence-corrected chi connectivity index (χ4v) is 3.99. The molecule has 1 aliphatic heterocycles. The van der Waals surface area contributed by atoms with Crippen molar-refractivity contribution >= 4 is 22.2 Å². The molecule has 2 aromatic heterocycles. The van der Waals surface area contributed by atoms with Gasteiger partial charge in [0.15, 0.2) is 0 Å². The highest BCUT2D eigenvalue weighted by atomic mass is 32.1. The number of benzene rings is 1. The summed E-state index contributed by atoms with van der Waals surface area (Å²) >= 11 is 1.89. The van der Waals surface area contributed by atoms with Gasteiger partial charge in [0, 0.05) is 32.9 Å². The summed E-state index contributed by atoms with van der Waals surface area (Å²) in [5.41, 5.74) is 4.11. The molecule has 1 aromatic carbocycles. The first kappa shape index (κ1) is 11.3. The highest BCUT2D eigenvalue weighted by Crippen LogP contribution is 2.35. The second kappa shape index (κ2) is 4.22. The average Bonchev–Trinajstić information content (AvgIpc) is 3.02. The molecule has 0 radical (unpaired) electrons. The van der Waals surface area contributed by atoms with E-state index in [9.17, 15) is 0 Å². The van der Waals surface area contributed by atoms with E-state index < -0.39 is 0 Å². The molecule has 2 N–H and O–H groups in total. The Kier molecular flexibility index (Phi) is 2.50. The molecule has 0 bridgehead atoms. The summed E-state index contributed by atoms with van der Waals surface area (Å²) in [5.74, 6) is 0. The molecule has 19 heavy (non-hydrogen) atoms. The van der Waals surface area contributed by atoms with E-state index in [-0.39, 0.29) is 0 Å². The quantitative estimate of drug-likeness (QED) is 0.691. The van der Waals surface area contributed by atoms with E-state index >= 15 is 0 Å². The lowest BCUT2D eigenvalue weighted by atomic mass is 9.98. The van der Waals surface area contributed by atoms with Gasteiger partial charge in [0.05, 0.1) is 6.04 Å². The van der Waals surface area contributed by atoms with Crippen molar-refractivity contribution in [2.45, 2.75) is 19.4 Å². The van der Waals surface area contributed by atoms with Crippen LogP contribution in [0.15, 0.2) is 36.4 Å². The highest BCUT2D eigenvalue weighted by molar-refractivity contribution is 7.12. The molecule has 4 rings (SSSR count). The van der Waals surface area contributed by atoms with E-state index in [1.807, 2.05) is 11.3 Å². The van der Waals surface area contributed by atoms with Gasteiger partial charge in [-0.25, -0.2) is 0 Å². The van der Waals surface area contributed by atoms with Crippen LogP contribution in [0, 0.1) is 6.92 Å². The van der Waals surface area contributed by atoms with Gasteiger partial charge in [-0.1, -0.05) is 18.2 Å². The minimum Gasteiger partial charge on any atom is -0.357 e. The standard InChI is InChI=1S/C16H16N2S/c1-10-6-7-14(19-10)16-15-12(8-9-17-16)11-4-2-3-5-13(11)18-15/h2-7,16-18H,8-9H2,1H3. The van der Waals surface area contributed by atoms with Crippen molar-refractivity contribution in [3.8, 4) is 0 Å². The molecule has 96 valence electrons. The molecule has 2 nitrogen and oxygen atoms in total. The number of fused-ring (bicyclic) bond motifs is 3. The number of nitrogens with one attached hydrogen (secondary N) is 2. The van der Waals surface area contributed by atoms with E-state index in [1.54, 1.807) is 0 Å². The Balaban J connectivity index is 1.90. The number of rotatable bonds is 1. The number of thiophene rings is 1. The third-order valence-corrected chi connectivity index (χ3v) is 4.97. The molecular formula is C16H16N2S.